The number of hydrogen-bond acceptors (Lipinski definition) is 1. The number of aromatic nitrogens is 2. The Bertz CT molecular complexity index is 272. The summed E-state index contributed by atoms with van der Waals surface area (Å²) < 4.78 is 1.52. The zero-order valence-electron chi connectivity index (χ0n) is 7.86. The first kappa shape index (κ1) is 8.41. The summed E-state index contributed by atoms with van der Waals surface area (Å²) in [5.41, 5.74) is 0. The van der Waals surface area contributed by atoms with E-state index in [1.807, 2.05) is 4.90 Å². The second-order valence-electron chi connectivity index (χ2n) is 3.77. The van der Waals surface area contributed by atoms with Gasteiger partial charge in [-0.25, -0.2) is 9.48 Å². The Balaban J connectivity index is 1.93. The molecule has 0 aromatic carbocycles. The minimum Gasteiger partial charge on any atom is -0.323 e. The van der Waals surface area contributed by atoms with Crippen molar-refractivity contribution < 1.29 is 4.79 Å². The van der Waals surface area contributed by atoms with Gasteiger partial charge < -0.3 is 4.90 Å². The average Bonchev–Trinajstić information content (AvgIpc) is 2.02. The molecule has 1 N–H and O–H groups in total. The Morgan fingerprint density at radius 1 is 1.46 bits per heavy atom. The van der Waals surface area contributed by atoms with Crippen LogP contribution in [-0.4, -0.2) is 33.8 Å². The zero-order valence-corrected chi connectivity index (χ0v) is 7.86. The van der Waals surface area contributed by atoms with Crippen molar-refractivity contribution in [3.8, 4) is 0 Å². The Morgan fingerprint density at radius 2 is 2.08 bits per heavy atom. The van der Waals surface area contributed by atoms with Gasteiger partial charge in [-0.3, -0.25) is 5.10 Å². The standard InChI is InChI=1S/C9H15N3O/c1-8-2-5-11(6-3-8)9(13)12-7-4-10-12/h4,7-8,10H,2-3,5-6H2,1H3. The van der Waals surface area contributed by atoms with Gasteiger partial charge in [0, 0.05) is 25.5 Å². The molecular weight excluding hydrogens is 166 g/mol. The van der Waals surface area contributed by atoms with Gasteiger partial charge in [-0.2, -0.15) is 0 Å². The third-order valence-electron chi connectivity index (χ3n) is 2.70. The van der Waals surface area contributed by atoms with Gasteiger partial charge in [0.05, 0.1) is 0 Å². The third-order valence-corrected chi connectivity index (χ3v) is 2.70. The van der Waals surface area contributed by atoms with E-state index in [0.29, 0.717) is 0 Å². The molecule has 0 aliphatic carbocycles. The van der Waals surface area contributed by atoms with Gasteiger partial charge in [-0.05, 0) is 18.8 Å². The van der Waals surface area contributed by atoms with Crippen LogP contribution in [-0.2, 0) is 0 Å². The van der Waals surface area contributed by atoms with E-state index in [1.54, 1.807) is 12.4 Å². The molecule has 0 unspecified atom stereocenters. The molecule has 0 saturated carbocycles. The lowest BCUT2D eigenvalue weighted by Gasteiger charge is -2.30. The SMILES string of the molecule is CC1CCN(C(=O)n2cc[nH]2)CC1. The second-order valence-corrected chi connectivity index (χ2v) is 3.77. The third kappa shape index (κ3) is 1.61. The predicted molar refractivity (Wildman–Crippen MR) is 49.5 cm³/mol. The zero-order chi connectivity index (χ0) is 9.26. The second kappa shape index (κ2) is 3.28. The number of piperidine rings is 1. The van der Waals surface area contributed by atoms with E-state index in [-0.39, 0.29) is 6.03 Å². The summed E-state index contributed by atoms with van der Waals surface area (Å²) in [6.45, 7) is 4.03. The first-order valence-electron chi connectivity index (χ1n) is 4.78. The molecule has 1 saturated heterocycles. The fraction of sp³-hybridized carbons (Fsp3) is 0.667. The van der Waals surface area contributed by atoms with E-state index < -0.39 is 0 Å². The summed E-state index contributed by atoms with van der Waals surface area (Å²) in [4.78, 5) is 13.5. The molecule has 0 radical (unpaired) electrons. The number of amides is 1. The van der Waals surface area contributed by atoms with Crippen LogP contribution in [0.1, 0.15) is 19.8 Å². The molecule has 1 aromatic rings. The Hall–Kier alpha value is -1.19. The highest BCUT2D eigenvalue weighted by molar-refractivity contribution is 5.76. The minimum atomic E-state index is 0.0781. The number of carbonyl (C=O) groups excluding carboxylic acids is 1. The lowest BCUT2D eigenvalue weighted by atomic mass is 10.00. The quantitative estimate of drug-likeness (QED) is 0.647. The van der Waals surface area contributed by atoms with E-state index >= 15 is 0 Å². The number of aromatic amines is 1. The first-order chi connectivity index (χ1) is 6.27. The highest BCUT2D eigenvalue weighted by Crippen LogP contribution is 2.16. The van der Waals surface area contributed by atoms with Crippen LogP contribution in [0.3, 0.4) is 0 Å². The summed E-state index contributed by atoms with van der Waals surface area (Å²) >= 11 is 0. The largest absolute Gasteiger partial charge is 0.342 e. The highest BCUT2D eigenvalue weighted by atomic mass is 16.2. The normalized spacial score (nSPS) is 19.3. The molecule has 13 heavy (non-hydrogen) atoms. The molecule has 2 heterocycles. The van der Waals surface area contributed by atoms with Crippen molar-refractivity contribution in [1.29, 1.82) is 0 Å². The summed E-state index contributed by atoms with van der Waals surface area (Å²) in [6.07, 6.45) is 5.76. The number of rotatable bonds is 0. The highest BCUT2D eigenvalue weighted by Gasteiger charge is 2.21. The lowest BCUT2D eigenvalue weighted by Crippen LogP contribution is -2.41. The molecule has 0 bridgehead atoms. The number of H-pyrrole nitrogens is 1. The maximum atomic E-state index is 11.6. The molecule has 4 heteroatoms. The predicted octanol–water partition coefficient (Wildman–Crippen LogP) is 1.52. The van der Waals surface area contributed by atoms with Crippen molar-refractivity contribution in [2.45, 2.75) is 19.8 Å². The first-order valence-corrected chi connectivity index (χ1v) is 4.78. The molecule has 0 atom stereocenters. The van der Waals surface area contributed by atoms with Crippen LogP contribution < -0.4 is 0 Å². The van der Waals surface area contributed by atoms with Crippen LogP contribution in [0.2, 0.25) is 0 Å². The molecule has 1 aliphatic heterocycles. The molecule has 0 spiro atoms. The smallest absolute Gasteiger partial charge is 0.323 e. The van der Waals surface area contributed by atoms with Crippen LogP contribution >= 0.6 is 0 Å². The average molecular weight is 181 g/mol. The number of nitrogens with one attached hydrogen (secondary N) is 1. The lowest BCUT2D eigenvalue weighted by molar-refractivity contribution is 0.171. The van der Waals surface area contributed by atoms with Gasteiger partial charge in [0.25, 0.3) is 0 Å². The molecule has 1 aliphatic rings. The van der Waals surface area contributed by atoms with E-state index in [9.17, 15) is 4.79 Å². The van der Waals surface area contributed by atoms with Crippen molar-refractivity contribution >= 4 is 6.03 Å². The summed E-state index contributed by atoms with van der Waals surface area (Å²) in [7, 11) is 0. The van der Waals surface area contributed by atoms with Crippen LogP contribution in [0.25, 0.3) is 0 Å². The van der Waals surface area contributed by atoms with Crippen molar-refractivity contribution in [1.82, 2.24) is 14.7 Å². The fourth-order valence-corrected chi connectivity index (χ4v) is 1.62. The molecular formula is C9H15N3O. The van der Waals surface area contributed by atoms with Crippen LogP contribution in [0.15, 0.2) is 12.4 Å². The molecule has 1 amide bonds. The van der Waals surface area contributed by atoms with E-state index in [1.165, 1.54) is 4.68 Å². The van der Waals surface area contributed by atoms with Crippen molar-refractivity contribution in [2.24, 2.45) is 5.92 Å². The number of hydrogen-bond donors (Lipinski definition) is 1. The molecule has 1 fully saturated rings. The van der Waals surface area contributed by atoms with Crippen LogP contribution in [0.5, 0.6) is 0 Å². The van der Waals surface area contributed by atoms with Crippen molar-refractivity contribution in [2.75, 3.05) is 13.1 Å². The van der Waals surface area contributed by atoms with E-state index in [2.05, 4.69) is 12.0 Å². The number of carbonyl (C=O) groups is 1. The molecule has 2 rings (SSSR count). The van der Waals surface area contributed by atoms with Crippen molar-refractivity contribution in [3.63, 3.8) is 0 Å². The number of nitrogens with zero attached hydrogens (tertiary/aromatic N) is 2. The Labute approximate surface area is 77.5 Å². The Kier molecular flexibility index (Phi) is 2.12. The molecule has 72 valence electrons. The van der Waals surface area contributed by atoms with E-state index in [4.69, 9.17) is 0 Å². The maximum absolute atomic E-state index is 11.6. The van der Waals surface area contributed by atoms with Crippen LogP contribution in [0, 0.1) is 5.92 Å². The van der Waals surface area contributed by atoms with Gasteiger partial charge in [0.1, 0.15) is 0 Å². The topological polar surface area (TPSA) is 41.0 Å². The van der Waals surface area contributed by atoms with Crippen molar-refractivity contribution in [3.05, 3.63) is 12.4 Å². The Morgan fingerprint density at radius 3 is 2.54 bits per heavy atom. The van der Waals surface area contributed by atoms with Gasteiger partial charge in [0.2, 0.25) is 0 Å². The maximum Gasteiger partial charge on any atom is 0.342 e. The van der Waals surface area contributed by atoms with Gasteiger partial charge in [-0.1, -0.05) is 6.92 Å². The number of likely N-dealkylation sites (tertiary alicyclic amines) is 1. The summed E-state index contributed by atoms with van der Waals surface area (Å²) in [6, 6.07) is 0.0781. The van der Waals surface area contributed by atoms with Gasteiger partial charge in [0.15, 0.2) is 0 Å². The molecule has 1 aromatic heterocycles. The molecule has 4 nitrogen and oxygen atoms in total. The fourth-order valence-electron chi connectivity index (χ4n) is 1.62. The monoisotopic (exact) mass is 181 g/mol. The van der Waals surface area contributed by atoms with E-state index in [0.717, 1.165) is 31.8 Å². The summed E-state index contributed by atoms with van der Waals surface area (Å²) in [5, 5.41) is 2.82. The van der Waals surface area contributed by atoms with Gasteiger partial charge >= 0.3 is 6.03 Å². The summed E-state index contributed by atoms with van der Waals surface area (Å²) in [5.74, 6) is 0.768. The van der Waals surface area contributed by atoms with Crippen LogP contribution in [0.4, 0.5) is 4.79 Å². The minimum absolute atomic E-state index is 0.0781. The van der Waals surface area contributed by atoms with Gasteiger partial charge in [-0.15, -0.1) is 0 Å².